The first-order chi connectivity index (χ1) is 6.54. The van der Waals surface area contributed by atoms with Crippen molar-refractivity contribution in [2.75, 3.05) is 22.5 Å². The third-order valence-corrected chi connectivity index (χ3v) is 1.57. The van der Waals surface area contributed by atoms with Crippen LogP contribution in [-0.4, -0.2) is 15.9 Å². The lowest BCUT2D eigenvalue weighted by Gasteiger charge is -2.08. The number of amides is 1. The Morgan fingerprint density at radius 3 is 2.21 bits per heavy atom. The molecular formula is C7H12N6O. The molecule has 76 valence electrons. The smallest absolute Gasteiger partial charge is 0.224 e. The summed E-state index contributed by atoms with van der Waals surface area (Å²) in [4.78, 5) is 18.4. The molecule has 1 rings (SSSR count). The van der Waals surface area contributed by atoms with Crippen molar-refractivity contribution < 1.29 is 4.79 Å². The number of hydrogen-bond acceptors (Lipinski definition) is 6. The Hall–Kier alpha value is -2.05. The summed E-state index contributed by atoms with van der Waals surface area (Å²) in [5, 5.41) is 2.49. The molecule has 0 aliphatic rings. The minimum absolute atomic E-state index is 0.0190. The van der Waals surface area contributed by atoms with Crippen molar-refractivity contribution >= 4 is 29.2 Å². The topological polar surface area (TPSA) is 133 Å². The number of aromatic nitrogens is 2. The van der Waals surface area contributed by atoms with Crippen molar-refractivity contribution in [1.29, 1.82) is 0 Å². The van der Waals surface area contributed by atoms with Gasteiger partial charge in [-0.3, -0.25) is 4.79 Å². The van der Waals surface area contributed by atoms with Gasteiger partial charge in [-0.15, -0.1) is 0 Å². The van der Waals surface area contributed by atoms with E-state index in [0.29, 0.717) is 6.42 Å². The standard InChI is InChI=1S/C7H12N6O/c1-2-3(14)11-4-5(8)12-7(10)13-6(4)9/h2H2,1H3,(H,11,14)(H6,8,9,10,12,13). The molecule has 0 unspecified atom stereocenters. The van der Waals surface area contributed by atoms with Gasteiger partial charge in [0.2, 0.25) is 11.9 Å². The van der Waals surface area contributed by atoms with Crippen LogP contribution in [0.15, 0.2) is 0 Å². The Balaban J connectivity index is 3.02. The molecule has 1 aromatic rings. The van der Waals surface area contributed by atoms with Crippen LogP contribution in [0, 0.1) is 0 Å². The van der Waals surface area contributed by atoms with E-state index >= 15 is 0 Å². The number of nitrogens with zero attached hydrogens (tertiary/aromatic N) is 2. The zero-order chi connectivity index (χ0) is 10.7. The maximum absolute atomic E-state index is 11.1. The third-order valence-electron chi connectivity index (χ3n) is 1.57. The normalized spacial score (nSPS) is 9.79. The molecule has 0 bridgehead atoms. The summed E-state index contributed by atoms with van der Waals surface area (Å²) >= 11 is 0. The zero-order valence-corrected chi connectivity index (χ0v) is 7.74. The maximum atomic E-state index is 11.1. The lowest BCUT2D eigenvalue weighted by molar-refractivity contribution is -0.115. The molecule has 7 N–H and O–H groups in total. The fraction of sp³-hybridized carbons (Fsp3) is 0.286. The molecule has 0 aromatic carbocycles. The molecule has 7 nitrogen and oxygen atoms in total. The van der Waals surface area contributed by atoms with E-state index in [-0.39, 0.29) is 29.2 Å². The van der Waals surface area contributed by atoms with Crippen molar-refractivity contribution in [1.82, 2.24) is 9.97 Å². The van der Waals surface area contributed by atoms with Gasteiger partial charge in [-0.25, -0.2) is 0 Å². The van der Waals surface area contributed by atoms with E-state index in [1.165, 1.54) is 0 Å². The molecular weight excluding hydrogens is 184 g/mol. The third kappa shape index (κ3) is 2.00. The van der Waals surface area contributed by atoms with E-state index in [1.54, 1.807) is 6.92 Å². The van der Waals surface area contributed by atoms with Gasteiger partial charge in [-0.2, -0.15) is 9.97 Å². The van der Waals surface area contributed by atoms with E-state index in [9.17, 15) is 4.79 Å². The van der Waals surface area contributed by atoms with Gasteiger partial charge >= 0.3 is 0 Å². The average Bonchev–Trinajstić information content (AvgIpc) is 2.10. The second kappa shape index (κ2) is 3.77. The fourth-order valence-corrected chi connectivity index (χ4v) is 0.871. The molecule has 1 heterocycles. The second-order valence-corrected chi connectivity index (χ2v) is 2.63. The van der Waals surface area contributed by atoms with Crippen LogP contribution in [0.3, 0.4) is 0 Å². The van der Waals surface area contributed by atoms with E-state index < -0.39 is 0 Å². The molecule has 0 saturated heterocycles. The zero-order valence-electron chi connectivity index (χ0n) is 7.74. The van der Waals surface area contributed by atoms with Crippen LogP contribution in [0.4, 0.5) is 23.3 Å². The quantitative estimate of drug-likeness (QED) is 0.507. The molecule has 0 aliphatic heterocycles. The lowest BCUT2D eigenvalue weighted by Crippen LogP contribution is -2.15. The molecule has 0 atom stereocenters. The Morgan fingerprint density at radius 1 is 1.29 bits per heavy atom. The first-order valence-electron chi connectivity index (χ1n) is 4.03. The highest BCUT2D eigenvalue weighted by atomic mass is 16.1. The predicted molar refractivity (Wildman–Crippen MR) is 54.2 cm³/mol. The summed E-state index contributed by atoms with van der Waals surface area (Å²) in [6.07, 6.45) is 0.323. The van der Waals surface area contributed by atoms with Gasteiger partial charge in [0.25, 0.3) is 0 Å². The van der Waals surface area contributed by atoms with Crippen molar-refractivity contribution in [2.24, 2.45) is 0 Å². The molecule has 0 aliphatic carbocycles. The van der Waals surface area contributed by atoms with E-state index in [0.717, 1.165) is 0 Å². The van der Waals surface area contributed by atoms with Gasteiger partial charge < -0.3 is 22.5 Å². The first-order valence-corrected chi connectivity index (χ1v) is 4.03. The summed E-state index contributed by atoms with van der Waals surface area (Å²) in [5.41, 5.74) is 16.5. The molecule has 0 fully saturated rings. The summed E-state index contributed by atoms with van der Waals surface area (Å²) in [6.45, 7) is 1.71. The summed E-state index contributed by atoms with van der Waals surface area (Å²) in [6, 6.07) is 0. The van der Waals surface area contributed by atoms with Gasteiger partial charge in [0.1, 0.15) is 5.69 Å². The van der Waals surface area contributed by atoms with Gasteiger partial charge in [0, 0.05) is 6.42 Å². The number of nitrogens with one attached hydrogen (secondary N) is 1. The van der Waals surface area contributed by atoms with Crippen molar-refractivity contribution in [3.05, 3.63) is 0 Å². The number of rotatable bonds is 2. The second-order valence-electron chi connectivity index (χ2n) is 2.63. The fourth-order valence-electron chi connectivity index (χ4n) is 0.871. The number of nitrogens with two attached hydrogens (primary N) is 3. The molecule has 0 radical (unpaired) electrons. The molecule has 0 saturated carbocycles. The first kappa shape index (κ1) is 10.0. The van der Waals surface area contributed by atoms with Crippen LogP contribution < -0.4 is 22.5 Å². The Morgan fingerprint density at radius 2 is 1.79 bits per heavy atom. The average molecular weight is 196 g/mol. The monoisotopic (exact) mass is 196 g/mol. The molecule has 1 aromatic heterocycles. The number of carbonyl (C=O) groups is 1. The predicted octanol–water partition coefficient (Wildman–Crippen LogP) is -0.428. The van der Waals surface area contributed by atoms with E-state index in [4.69, 9.17) is 17.2 Å². The maximum Gasteiger partial charge on any atom is 0.224 e. The highest BCUT2D eigenvalue weighted by Crippen LogP contribution is 2.22. The molecule has 0 spiro atoms. The highest BCUT2D eigenvalue weighted by molar-refractivity contribution is 5.96. The Bertz CT molecular complexity index is 340. The van der Waals surface area contributed by atoms with Crippen LogP contribution in [0.2, 0.25) is 0 Å². The van der Waals surface area contributed by atoms with Crippen molar-refractivity contribution in [3.8, 4) is 0 Å². The number of carbonyl (C=O) groups excluding carboxylic acids is 1. The van der Waals surface area contributed by atoms with Gasteiger partial charge in [0.15, 0.2) is 11.6 Å². The van der Waals surface area contributed by atoms with Crippen LogP contribution in [0.1, 0.15) is 13.3 Å². The highest BCUT2D eigenvalue weighted by Gasteiger charge is 2.10. The van der Waals surface area contributed by atoms with Crippen molar-refractivity contribution in [3.63, 3.8) is 0 Å². The summed E-state index contributed by atoms with van der Waals surface area (Å²) in [7, 11) is 0. The number of anilines is 4. The van der Waals surface area contributed by atoms with E-state index in [2.05, 4.69) is 15.3 Å². The minimum atomic E-state index is -0.211. The van der Waals surface area contributed by atoms with Gasteiger partial charge in [0.05, 0.1) is 0 Å². The number of nitrogen functional groups attached to an aromatic ring is 3. The minimum Gasteiger partial charge on any atom is -0.382 e. The van der Waals surface area contributed by atoms with E-state index in [1.807, 2.05) is 0 Å². The van der Waals surface area contributed by atoms with Gasteiger partial charge in [-0.05, 0) is 0 Å². The summed E-state index contributed by atoms with van der Waals surface area (Å²) < 4.78 is 0. The SMILES string of the molecule is CCC(=O)Nc1c(N)nc(N)nc1N. The molecule has 7 heteroatoms. The van der Waals surface area contributed by atoms with Crippen LogP contribution >= 0.6 is 0 Å². The molecule has 14 heavy (non-hydrogen) atoms. The van der Waals surface area contributed by atoms with Crippen LogP contribution in [0.5, 0.6) is 0 Å². The van der Waals surface area contributed by atoms with Gasteiger partial charge in [-0.1, -0.05) is 6.92 Å². The summed E-state index contributed by atoms with van der Waals surface area (Å²) in [5.74, 6) is -0.0973. The number of hydrogen-bond donors (Lipinski definition) is 4. The largest absolute Gasteiger partial charge is 0.382 e. The Kier molecular flexibility index (Phi) is 2.70. The van der Waals surface area contributed by atoms with Crippen LogP contribution in [0.25, 0.3) is 0 Å². The lowest BCUT2D eigenvalue weighted by atomic mass is 10.4. The Labute approximate surface area is 80.7 Å². The van der Waals surface area contributed by atoms with Crippen molar-refractivity contribution in [2.45, 2.75) is 13.3 Å². The van der Waals surface area contributed by atoms with Crippen LogP contribution in [-0.2, 0) is 4.79 Å². The molecule has 1 amide bonds.